The average molecular weight is 292 g/mol. The van der Waals surface area contributed by atoms with Crippen LogP contribution in [-0.4, -0.2) is 23.3 Å². The second-order valence-corrected chi connectivity index (χ2v) is 5.80. The molecule has 2 aliphatic rings. The number of rotatable bonds is 2. The van der Waals surface area contributed by atoms with Crippen LogP contribution in [0.5, 0.6) is 0 Å². The molecule has 4 nitrogen and oxygen atoms in total. The summed E-state index contributed by atoms with van der Waals surface area (Å²) in [7, 11) is 0. The fourth-order valence-electron chi connectivity index (χ4n) is 3.42. The van der Waals surface area contributed by atoms with Gasteiger partial charge in [-0.25, -0.2) is 0 Å². The van der Waals surface area contributed by atoms with E-state index < -0.39 is 0 Å². The number of nitrogens with one attached hydrogen (secondary N) is 1. The number of para-hydroxylation sites is 1. The van der Waals surface area contributed by atoms with Crippen molar-refractivity contribution < 1.29 is 9.59 Å². The number of nitrogens with zero attached hydrogens (tertiary/aromatic N) is 1. The molecule has 4 heteroatoms. The summed E-state index contributed by atoms with van der Waals surface area (Å²) in [4.78, 5) is 26.8. The first kappa shape index (κ1) is 13.1. The van der Waals surface area contributed by atoms with Gasteiger partial charge in [0.05, 0.1) is 18.4 Å². The number of carbonyl (C=O) groups is 2. The Bertz CT molecular complexity index is 742. The number of benzene rings is 2. The van der Waals surface area contributed by atoms with E-state index in [0.717, 1.165) is 16.8 Å². The first-order valence-corrected chi connectivity index (χ1v) is 7.47. The summed E-state index contributed by atoms with van der Waals surface area (Å²) in [6, 6.07) is 17.4. The summed E-state index contributed by atoms with van der Waals surface area (Å²) < 4.78 is 0. The monoisotopic (exact) mass is 292 g/mol. The molecule has 1 fully saturated rings. The molecule has 2 amide bonds. The maximum atomic E-state index is 12.8. The zero-order chi connectivity index (χ0) is 15.1. The number of imide groups is 1. The van der Waals surface area contributed by atoms with Crippen molar-refractivity contribution in [3.05, 3.63) is 65.7 Å². The lowest BCUT2D eigenvalue weighted by Crippen LogP contribution is -2.32. The van der Waals surface area contributed by atoms with Gasteiger partial charge < -0.3 is 5.32 Å². The summed E-state index contributed by atoms with van der Waals surface area (Å²) >= 11 is 0. The fourth-order valence-corrected chi connectivity index (χ4v) is 3.42. The smallest absolute Gasteiger partial charge is 0.237 e. The Morgan fingerprint density at radius 3 is 2.50 bits per heavy atom. The van der Waals surface area contributed by atoms with Gasteiger partial charge in [0.25, 0.3) is 0 Å². The van der Waals surface area contributed by atoms with Gasteiger partial charge in [0.2, 0.25) is 11.8 Å². The van der Waals surface area contributed by atoms with Gasteiger partial charge >= 0.3 is 0 Å². The topological polar surface area (TPSA) is 49.4 Å². The Morgan fingerprint density at radius 2 is 1.68 bits per heavy atom. The van der Waals surface area contributed by atoms with E-state index in [1.54, 1.807) is 0 Å². The van der Waals surface area contributed by atoms with Crippen molar-refractivity contribution in [2.75, 3.05) is 11.9 Å². The highest BCUT2D eigenvalue weighted by molar-refractivity contribution is 6.09. The Hall–Kier alpha value is -2.62. The third kappa shape index (κ3) is 1.91. The zero-order valence-corrected chi connectivity index (χ0v) is 12.0. The lowest BCUT2D eigenvalue weighted by molar-refractivity contribution is -0.140. The van der Waals surface area contributed by atoms with E-state index in [0.29, 0.717) is 13.1 Å². The third-order valence-corrected chi connectivity index (χ3v) is 4.51. The number of carbonyl (C=O) groups excluding carboxylic acids is 2. The molecule has 22 heavy (non-hydrogen) atoms. The van der Waals surface area contributed by atoms with E-state index in [1.807, 2.05) is 54.6 Å². The van der Waals surface area contributed by atoms with Crippen LogP contribution in [0.3, 0.4) is 0 Å². The normalized spacial score (nSPS) is 23.0. The minimum Gasteiger partial charge on any atom is -0.384 e. The Morgan fingerprint density at radius 1 is 0.955 bits per heavy atom. The molecule has 0 aromatic heterocycles. The van der Waals surface area contributed by atoms with Crippen LogP contribution in [0.15, 0.2) is 54.6 Å². The van der Waals surface area contributed by atoms with Gasteiger partial charge in [-0.3, -0.25) is 14.5 Å². The molecule has 4 rings (SSSR count). The molecule has 1 N–H and O–H groups in total. The number of hydrogen-bond acceptors (Lipinski definition) is 3. The quantitative estimate of drug-likeness (QED) is 0.865. The van der Waals surface area contributed by atoms with Gasteiger partial charge in [-0.05, 0) is 17.2 Å². The molecule has 0 saturated carbocycles. The average Bonchev–Trinajstić information content (AvgIpc) is 2.81. The van der Waals surface area contributed by atoms with Crippen LogP contribution in [0.4, 0.5) is 5.69 Å². The third-order valence-electron chi connectivity index (χ3n) is 4.51. The van der Waals surface area contributed by atoms with Gasteiger partial charge in [0.1, 0.15) is 0 Å². The van der Waals surface area contributed by atoms with Crippen LogP contribution in [0, 0.1) is 5.92 Å². The number of anilines is 1. The number of fused-ring (bicyclic) bond motifs is 3. The van der Waals surface area contributed by atoms with Gasteiger partial charge in [0, 0.05) is 12.2 Å². The molecule has 110 valence electrons. The summed E-state index contributed by atoms with van der Waals surface area (Å²) in [6.45, 7) is 0.880. The van der Waals surface area contributed by atoms with Crippen molar-refractivity contribution >= 4 is 17.5 Å². The van der Waals surface area contributed by atoms with Crippen molar-refractivity contribution in [2.45, 2.75) is 12.5 Å². The standard InChI is InChI=1S/C18H16N2O2/c21-17-14-10-19-15-9-5-4-8-13(15)16(14)18(22)20(17)11-12-6-2-1-3-7-12/h1-9,14,16,19H,10-11H2/t14-,16+/m1/s1. The predicted molar refractivity (Wildman–Crippen MR) is 83.2 cm³/mol. The number of hydrogen-bond donors (Lipinski definition) is 1. The lowest BCUT2D eigenvalue weighted by Gasteiger charge is -2.25. The van der Waals surface area contributed by atoms with Crippen LogP contribution in [-0.2, 0) is 16.1 Å². The highest BCUT2D eigenvalue weighted by Crippen LogP contribution is 2.42. The summed E-state index contributed by atoms with van der Waals surface area (Å²) in [6.07, 6.45) is 0. The summed E-state index contributed by atoms with van der Waals surface area (Å²) in [5.74, 6) is -0.770. The van der Waals surface area contributed by atoms with Crippen molar-refractivity contribution in [1.82, 2.24) is 4.90 Å². The largest absolute Gasteiger partial charge is 0.384 e. The first-order valence-electron chi connectivity index (χ1n) is 7.47. The number of amides is 2. The second-order valence-electron chi connectivity index (χ2n) is 5.80. The number of likely N-dealkylation sites (tertiary alicyclic amines) is 1. The van der Waals surface area contributed by atoms with Crippen LogP contribution < -0.4 is 5.32 Å². The molecule has 0 spiro atoms. The molecular formula is C18H16N2O2. The molecule has 0 aliphatic carbocycles. The van der Waals surface area contributed by atoms with Gasteiger partial charge in [-0.2, -0.15) is 0 Å². The molecule has 2 aromatic rings. The van der Waals surface area contributed by atoms with E-state index in [2.05, 4.69) is 5.32 Å². The Labute approximate surface area is 128 Å². The molecule has 1 saturated heterocycles. The fraction of sp³-hybridized carbons (Fsp3) is 0.222. The predicted octanol–water partition coefficient (Wildman–Crippen LogP) is 2.38. The molecule has 2 atom stereocenters. The second kappa shape index (κ2) is 4.98. The van der Waals surface area contributed by atoms with Crippen molar-refractivity contribution in [3.8, 4) is 0 Å². The Balaban J connectivity index is 1.68. The van der Waals surface area contributed by atoms with Crippen molar-refractivity contribution in [3.63, 3.8) is 0 Å². The highest BCUT2D eigenvalue weighted by atomic mass is 16.2. The Kier molecular flexibility index (Phi) is 2.96. The molecule has 0 unspecified atom stereocenters. The molecule has 2 aromatic carbocycles. The van der Waals surface area contributed by atoms with Crippen LogP contribution in [0.25, 0.3) is 0 Å². The molecule has 2 aliphatic heterocycles. The van der Waals surface area contributed by atoms with E-state index >= 15 is 0 Å². The molecule has 0 radical (unpaired) electrons. The van der Waals surface area contributed by atoms with Gasteiger partial charge in [0.15, 0.2) is 0 Å². The molecular weight excluding hydrogens is 276 g/mol. The van der Waals surface area contributed by atoms with Crippen LogP contribution in [0.1, 0.15) is 17.0 Å². The van der Waals surface area contributed by atoms with Crippen LogP contribution >= 0.6 is 0 Å². The zero-order valence-electron chi connectivity index (χ0n) is 12.0. The SMILES string of the molecule is O=C1[C@@H]2CNc3ccccc3[C@@H]2C(=O)N1Cc1ccccc1. The maximum Gasteiger partial charge on any atom is 0.237 e. The van der Waals surface area contributed by atoms with Crippen LogP contribution in [0.2, 0.25) is 0 Å². The van der Waals surface area contributed by atoms with Crippen molar-refractivity contribution in [2.24, 2.45) is 5.92 Å². The van der Waals surface area contributed by atoms with E-state index in [9.17, 15) is 9.59 Å². The summed E-state index contributed by atoms with van der Waals surface area (Å²) in [5, 5.41) is 3.27. The van der Waals surface area contributed by atoms with Gasteiger partial charge in [-0.15, -0.1) is 0 Å². The summed E-state index contributed by atoms with van der Waals surface area (Å²) in [5.41, 5.74) is 2.88. The first-order chi connectivity index (χ1) is 10.8. The molecule has 0 bridgehead atoms. The lowest BCUT2D eigenvalue weighted by atomic mass is 9.84. The molecule has 2 heterocycles. The maximum absolute atomic E-state index is 12.8. The van der Waals surface area contributed by atoms with E-state index in [4.69, 9.17) is 0 Å². The highest BCUT2D eigenvalue weighted by Gasteiger charge is 2.50. The minimum atomic E-state index is -0.339. The van der Waals surface area contributed by atoms with E-state index in [1.165, 1.54) is 4.90 Å². The van der Waals surface area contributed by atoms with Gasteiger partial charge in [-0.1, -0.05) is 48.5 Å². The van der Waals surface area contributed by atoms with Crippen molar-refractivity contribution in [1.29, 1.82) is 0 Å². The minimum absolute atomic E-state index is 0.0687. The van der Waals surface area contributed by atoms with E-state index in [-0.39, 0.29) is 23.7 Å².